The van der Waals surface area contributed by atoms with Gasteiger partial charge in [-0.25, -0.2) is 0 Å². The van der Waals surface area contributed by atoms with E-state index in [1.807, 2.05) is 39.8 Å². The smallest absolute Gasteiger partial charge is 0.0787 e. The van der Waals surface area contributed by atoms with Gasteiger partial charge >= 0.3 is 0 Å². The van der Waals surface area contributed by atoms with Gasteiger partial charge in [-0.05, 0) is 82.9 Å². The molecule has 1 N–H and O–H groups in total. The molecule has 1 aliphatic heterocycles. The molecule has 2 saturated carbocycles. The molecule has 3 nitrogen and oxygen atoms in total. The van der Waals surface area contributed by atoms with E-state index in [0.29, 0.717) is 0 Å². The molecule has 0 amide bonds. The predicted molar refractivity (Wildman–Crippen MR) is 178 cm³/mol. The Morgan fingerprint density at radius 2 is 1.64 bits per heavy atom. The minimum atomic E-state index is -0.318. The summed E-state index contributed by atoms with van der Waals surface area (Å²) in [4.78, 5) is 2.59. The topological polar surface area (TPSA) is 47.3 Å². The Hall–Kier alpha value is -1.46. The van der Waals surface area contributed by atoms with Crippen molar-refractivity contribution >= 4 is 0 Å². The Morgan fingerprint density at radius 1 is 1.07 bits per heavy atom. The first-order valence-corrected chi connectivity index (χ1v) is 16.6. The molecule has 0 spiro atoms. The van der Waals surface area contributed by atoms with E-state index in [-0.39, 0.29) is 32.7 Å². The first-order chi connectivity index (χ1) is 19.7. The van der Waals surface area contributed by atoms with Crippen molar-refractivity contribution in [1.82, 2.24) is 4.90 Å². The van der Waals surface area contributed by atoms with Gasteiger partial charge in [-0.15, -0.1) is 17.2 Å². The van der Waals surface area contributed by atoms with E-state index in [0.717, 1.165) is 49.3 Å². The minimum absolute atomic E-state index is 0. The van der Waals surface area contributed by atoms with E-state index < -0.39 is 0 Å². The van der Waals surface area contributed by atoms with E-state index in [9.17, 15) is 10.4 Å². The monoisotopic (exact) mass is 745 g/mol. The normalized spacial score (nSPS) is 19.1. The zero-order valence-corrected chi connectivity index (χ0v) is 31.2. The summed E-state index contributed by atoms with van der Waals surface area (Å²) in [6, 6.07) is 10.6. The molecule has 1 aromatic rings. The fourth-order valence-corrected chi connectivity index (χ4v) is 5.28. The van der Waals surface area contributed by atoms with Gasteiger partial charge in [0.25, 0.3) is 0 Å². The zero-order chi connectivity index (χ0) is 30.7. The van der Waals surface area contributed by atoms with Crippen LogP contribution in [0.2, 0.25) is 0 Å². The second-order valence-corrected chi connectivity index (χ2v) is 12.2. The maximum absolute atomic E-state index is 9.67. The molecule has 236 valence electrons. The number of aliphatic hydroxyl groups excluding tert-OH is 1. The average Bonchev–Trinajstić information content (AvgIpc) is 3.87. The molecule has 4 rings (SSSR count). The van der Waals surface area contributed by atoms with Crippen LogP contribution in [-0.4, -0.2) is 28.6 Å². The third-order valence-electron chi connectivity index (χ3n) is 8.09. The van der Waals surface area contributed by atoms with Crippen molar-refractivity contribution in [2.75, 3.05) is 13.1 Å². The molecule has 2 aliphatic carbocycles. The Morgan fingerprint density at radius 3 is 2.12 bits per heavy atom. The van der Waals surface area contributed by atoms with Crippen LogP contribution in [0.4, 0.5) is 0 Å². The van der Waals surface area contributed by atoms with Crippen molar-refractivity contribution in [3.05, 3.63) is 70.3 Å². The summed E-state index contributed by atoms with van der Waals surface area (Å²) in [5, 5.41) is 18.9. The van der Waals surface area contributed by atoms with Crippen LogP contribution in [0.5, 0.6) is 0 Å². The quantitative estimate of drug-likeness (QED) is 0.164. The van der Waals surface area contributed by atoms with Crippen LogP contribution in [0.3, 0.4) is 0 Å². The fraction of sp³-hybridized carbons (Fsp3) is 0.658. The maximum atomic E-state index is 9.67. The second-order valence-electron chi connectivity index (χ2n) is 12.2. The molecule has 42 heavy (non-hydrogen) atoms. The van der Waals surface area contributed by atoms with Gasteiger partial charge in [-0.2, -0.15) is 6.08 Å². The van der Waals surface area contributed by atoms with E-state index >= 15 is 0 Å². The number of aliphatic hydroxyl groups is 1. The van der Waals surface area contributed by atoms with Crippen LogP contribution in [0, 0.1) is 23.3 Å². The SMILES string of the molecule is C1CC1.CC.CC/C=C(\C)Cc1ccc(C(O)CC)cc1.C[C-]=C(C#N)C1=CCC(C)(C)N(CC2CCCCC2)C1.[W]. The van der Waals surface area contributed by atoms with Crippen molar-refractivity contribution in [2.24, 2.45) is 5.92 Å². The van der Waals surface area contributed by atoms with E-state index in [2.05, 4.69) is 69.0 Å². The van der Waals surface area contributed by atoms with Crippen LogP contribution in [0.25, 0.3) is 0 Å². The van der Waals surface area contributed by atoms with Crippen LogP contribution in [-0.2, 0) is 27.5 Å². The Balaban J connectivity index is 0.000000685. The van der Waals surface area contributed by atoms with Gasteiger partial charge in [0.05, 0.1) is 6.10 Å². The number of benzene rings is 1. The summed E-state index contributed by atoms with van der Waals surface area (Å²) in [6.07, 6.45) is 22.6. The molecule has 1 atom stereocenters. The second kappa shape index (κ2) is 23.0. The summed E-state index contributed by atoms with van der Waals surface area (Å²) in [5.74, 6) is 0.850. The summed E-state index contributed by atoms with van der Waals surface area (Å²) in [5.41, 5.74) is 5.86. The van der Waals surface area contributed by atoms with E-state index in [4.69, 9.17) is 0 Å². The molecule has 3 aliphatic rings. The summed E-state index contributed by atoms with van der Waals surface area (Å²) in [6.45, 7) is 18.9. The molecule has 1 aromatic carbocycles. The fourth-order valence-electron chi connectivity index (χ4n) is 5.28. The number of hydrogen-bond acceptors (Lipinski definition) is 3. The zero-order valence-electron chi connectivity index (χ0n) is 28.3. The first-order valence-electron chi connectivity index (χ1n) is 16.6. The Bertz CT molecular complexity index is 973. The predicted octanol–water partition coefficient (Wildman–Crippen LogP) is 10.5. The first kappa shape index (κ1) is 40.5. The third kappa shape index (κ3) is 15.8. The third-order valence-corrected chi connectivity index (χ3v) is 8.09. The average molecular weight is 746 g/mol. The van der Waals surface area contributed by atoms with Gasteiger partial charge in [-0.1, -0.05) is 115 Å². The largest absolute Gasteiger partial charge is 0.388 e. The number of nitrogens with zero attached hydrogens (tertiary/aromatic N) is 2. The van der Waals surface area contributed by atoms with Crippen molar-refractivity contribution in [2.45, 2.75) is 144 Å². The van der Waals surface area contributed by atoms with Gasteiger partial charge < -0.3 is 10.0 Å². The molecule has 0 radical (unpaired) electrons. The van der Waals surface area contributed by atoms with Gasteiger partial charge in [-0.3, -0.25) is 5.26 Å². The minimum Gasteiger partial charge on any atom is -0.388 e. The van der Waals surface area contributed by atoms with E-state index in [1.54, 1.807) is 0 Å². The van der Waals surface area contributed by atoms with E-state index in [1.165, 1.54) is 74.6 Å². The molecular weight excluding hydrogens is 684 g/mol. The summed E-state index contributed by atoms with van der Waals surface area (Å²) in [7, 11) is 0. The van der Waals surface area contributed by atoms with Crippen LogP contribution >= 0.6 is 0 Å². The maximum Gasteiger partial charge on any atom is 0.0787 e. The van der Waals surface area contributed by atoms with Crippen LogP contribution in [0.15, 0.2) is 53.1 Å². The van der Waals surface area contributed by atoms with Crippen molar-refractivity contribution in [3.8, 4) is 6.07 Å². The van der Waals surface area contributed by atoms with Gasteiger partial charge in [0.1, 0.15) is 0 Å². The van der Waals surface area contributed by atoms with Crippen molar-refractivity contribution in [3.63, 3.8) is 0 Å². The number of allylic oxidation sites excluding steroid dienone is 3. The molecule has 0 bridgehead atoms. The Labute approximate surface area is 274 Å². The van der Waals surface area contributed by atoms with Gasteiger partial charge in [0.15, 0.2) is 0 Å². The number of hydrogen-bond donors (Lipinski definition) is 1. The summed E-state index contributed by atoms with van der Waals surface area (Å²) >= 11 is 0. The van der Waals surface area contributed by atoms with Crippen molar-refractivity contribution in [1.29, 1.82) is 5.26 Å². The summed E-state index contributed by atoms with van der Waals surface area (Å²) < 4.78 is 0. The van der Waals surface area contributed by atoms with Gasteiger partial charge in [0.2, 0.25) is 0 Å². The molecule has 1 heterocycles. The molecular formula is C38H61N2OW-. The van der Waals surface area contributed by atoms with Crippen molar-refractivity contribution < 1.29 is 26.2 Å². The molecule has 0 aromatic heterocycles. The Kier molecular flexibility index (Phi) is 22.2. The van der Waals surface area contributed by atoms with Gasteiger partial charge in [0, 0.05) is 33.1 Å². The molecule has 0 saturated heterocycles. The standard InChI is InChI=1S/C18H27N2.C15H22O.C3H6.C2H6.W/c1-4-16(12-19)17-10-11-18(2,3)20(14-17)13-15-8-6-5-7-9-15;1-4-6-12(3)11-13-7-9-14(10-8-13)15(16)5-2;1-2-3-1;1-2;/h10,15H,5-9,11,13-14H2,1-3H3;6-10,15-16H,4-5,11H2,1-3H3;1-3H2;1-2H3;/q-1;;;;/b;12-6+;;;. The number of rotatable bonds is 8. The molecule has 1 unspecified atom stereocenters. The number of nitriles is 1. The molecule has 2 fully saturated rings. The molecule has 4 heteroatoms. The van der Waals surface area contributed by atoms with Crippen LogP contribution < -0.4 is 0 Å². The van der Waals surface area contributed by atoms with Crippen LogP contribution in [0.1, 0.15) is 143 Å².